The molecule has 1 amide bonds. The molecular formula is C34H28Cl2FN5OS. The summed E-state index contributed by atoms with van der Waals surface area (Å²) in [7, 11) is 0. The number of imidazole rings is 2. The van der Waals surface area contributed by atoms with E-state index in [-0.39, 0.29) is 15.8 Å². The quantitative estimate of drug-likeness (QED) is 0.202. The second-order valence-electron chi connectivity index (χ2n) is 11.9. The van der Waals surface area contributed by atoms with E-state index in [0.29, 0.717) is 11.1 Å². The highest BCUT2D eigenvalue weighted by Gasteiger charge is 2.40. The predicted octanol–water partition coefficient (Wildman–Crippen LogP) is 7.45. The van der Waals surface area contributed by atoms with Crippen LogP contribution in [0.5, 0.6) is 0 Å². The van der Waals surface area contributed by atoms with Crippen molar-refractivity contribution in [2.24, 2.45) is 5.41 Å². The molecule has 2 aromatic carbocycles. The predicted molar refractivity (Wildman–Crippen MR) is 175 cm³/mol. The van der Waals surface area contributed by atoms with Gasteiger partial charge in [0, 0.05) is 24.0 Å². The summed E-state index contributed by atoms with van der Waals surface area (Å²) in [6, 6.07) is 17.1. The first-order valence-corrected chi connectivity index (χ1v) is 16.4. The Bertz CT molecular complexity index is 1950. The molecule has 0 radical (unpaired) electrons. The molecule has 2 aliphatic carbocycles. The third kappa shape index (κ3) is 4.66. The summed E-state index contributed by atoms with van der Waals surface area (Å²) < 4.78 is 16.0. The Labute approximate surface area is 268 Å². The molecule has 0 saturated carbocycles. The van der Waals surface area contributed by atoms with E-state index < -0.39 is 17.1 Å². The minimum absolute atomic E-state index is 0.0591. The number of aromatic nitrogens is 3. The first-order chi connectivity index (χ1) is 21.4. The van der Waals surface area contributed by atoms with E-state index in [4.69, 9.17) is 33.2 Å². The van der Waals surface area contributed by atoms with Gasteiger partial charge < -0.3 is 10.2 Å². The summed E-state index contributed by atoms with van der Waals surface area (Å²) in [6.07, 6.45) is 12.2. The van der Waals surface area contributed by atoms with E-state index in [2.05, 4.69) is 38.9 Å². The first-order valence-electron chi connectivity index (χ1n) is 14.7. The van der Waals surface area contributed by atoms with Crippen molar-refractivity contribution in [1.29, 1.82) is 0 Å². The topological polar surface area (TPSA) is 62.5 Å². The molecule has 2 unspecified atom stereocenters. The van der Waals surface area contributed by atoms with Crippen LogP contribution in [-0.4, -0.2) is 44.0 Å². The van der Waals surface area contributed by atoms with Gasteiger partial charge in [-0.15, -0.1) is 23.4 Å². The van der Waals surface area contributed by atoms with E-state index >= 15 is 0 Å². The van der Waals surface area contributed by atoms with Gasteiger partial charge in [-0.1, -0.05) is 54.1 Å². The number of benzene rings is 2. The fraction of sp³-hybridized carbons (Fsp3) is 0.265. The standard InChI is InChI=1S/C34H28Cl2FN5OS/c35-29-22(7-3-8-23(29)37)33(43)39-24-9-4-10-26(30(24)36)44-27-11-12-28-40-31(25-19-38-32(27)42(25)28)41-15-13-34(14-16-41)17-20-5-1-2-6-21(20)18-34/h1-12,19,26,30H,13-18H2,(H,39,43). The molecule has 1 fully saturated rings. The highest BCUT2D eigenvalue weighted by molar-refractivity contribution is 8.00. The molecule has 1 spiro atoms. The van der Waals surface area contributed by atoms with Crippen molar-refractivity contribution in [2.45, 2.75) is 41.2 Å². The number of halogens is 3. The average molecular weight is 645 g/mol. The zero-order chi connectivity index (χ0) is 30.0. The number of pyridine rings is 1. The molecule has 3 aromatic heterocycles. The number of nitrogens with zero attached hydrogens (tertiary/aromatic N) is 4. The molecule has 6 nitrogen and oxygen atoms in total. The second-order valence-corrected chi connectivity index (χ2v) is 14.0. The van der Waals surface area contributed by atoms with Crippen molar-refractivity contribution >= 4 is 63.5 Å². The number of fused-ring (bicyclic) bond motifs is 1. The lowest BCUT2D eigenvalue weighted by Crippen LogP contribution is -2.40. The Morgan fingerprint density at radius 1 is 1.05 bits per heavy atom. The van der Waals surface area contributed by atoms with E-state index in [9.17, 15) is 9.18 Å². The van der Waals surface area contributed by atoms with E-state index in [1.54, 1.807) is 17.8 Å². The molecular weight excluding hydrogens is 616 g/mol. The number of anilines is 1. The molecule has 10 heteroatoms. The van der Waals surface area contributed by atoms with Gasteiger partial charge in [0.2, 0.25) is 0 Å². The number of nitrogens with one attached hydrogen (secondary N) is 1. The van der Waals surface area contributed by atoms with Crippen molar-refractivity contribution in [1.82, 2.24) is 19.7 Å². The number of hydrogen-bond donors (Lipinski definition) is 1. The summed E-state index contributed by atoms with van der Waals surface area (Å²) in [6.45, 7) is 1.97. The van der Waals surface area contributed by atoms with Gasteiger partial charge >= 0.3 is 0 Å². The average Bonchev–Trinajstić information content (AvgIpc) is 3.73. The van der Waals surface area contributed by atoms with Crippen molar-refractivity contribution in [3.05, 3.63) is 112 Å². The number of carbonyl (C=O) groups excluding carboxylic acids is 1. The number of piperidine rings is 1. The van der Waals surface area contributed by atoms with Gasteiger partial charge in [-0.2, -0.15) is 0 Å². The number of rotatable bonds is 5. The minimum atomic E-state index is -0.646. The third-order valence-electron chi connectivity index (χ3n) is 9.30. The Balaban J connectivity index is 0.985. The molecule has 1 saturated heterocycles. The van der Waals surface area contributed by atoms with Crippen LogP contribution in [0.4, 0.5) is 10.2 Å². The maximum absolute atomic E-state index is 13.9. The third-order valence-corrected chi connectivity index (χ3v) is 11.6. The number of thioether (sulfide) groups is 1. The van der Waals surface area contributed by atoms with E-state index in [1.165, 1.54) is 42.2 Å². The molecule has 1 N–H and O–H groups in total. The van der Waals surface area contributed by atoms with Crippen LogP contribution >= 0.6 is 35.0 Å². The van der Waals surface area contributed by atoms with Crippen LogP contribution in [-0.2, 0) is 12.8 Å². The first kappa shape index (κ1) is 27.9. The number of amides is 1. The van der Waals surface area contributed by atoms with E-state index in [0.717, 1.165) is 53.5 Å². The molecule has 4 heterocycles. The van der Waals surface area contributed by atoms with Gasteiger partial charge in [0.1, 0.15) is 17.0 Å². The van der Waals surface area contributed by atoms with Crippen LogP contribution in [0.2, 0.25) is 5.02 Å². The Kier molecular flexibility index (Phi) is 6.85. The van der Waals surface area contributed by atoms with Gasteiger partial charge in [0.25, 0.3) is 5.91 Å². The van der Waals surface area contributed by atoms with Crippen LogP contribution in [0.25, 0.3) is 16.8 Å². The molecule has 222 valence electrons. The maximum atomic E-state index is 13.9. The molecule has 0 bridgehead atoms. The monoisotopic (exact) mass is 643 g/mol. The van der Waals surface area contributed by atoms with Crippen molar-refractivity contribution < 1.29 is 9.18 Å². The fourth-order valence-electron chi connectivity index (χ4n) is 6.98. The summed E-state index contributed by atoms with van der Waals surface area (Å²) in [5.74, 6) is -0.156. The summed E-state index contributed by atoms with van der Waals surface area (Å²) in [5.41, 5.74) is 6.71. The Hall–Kier alpha value is -3.59. The molecule has 44 heavy (non-hydrogen) atoms. The Morgan fingerprint density at radius 2 is 1.82 bits per heavy atom. The van der Waals surface area contributed by atoms with Crippen molar-refractivity contribution in [2.75, 3.05) is 18.0 Å². The minimum Gasteiger partial charge on any atom is -0.355 e. The van der Waals surface area contributed by atoms with Crippen LogP contribution < -0.4 is 10.2 Å². The molecule has 3 aliphatic rings. The van der Waals surface area contributed by atoms with Gasteiger partial charge in [0.05, 0.1) is 27.1 Å². The fourth-order valence-corrected chi connectivity index (χ4v) is 8.68. The zero-order valence-corrected chi connectivity index (χ0v) is 26.0. The summed E-state index contributed by atoms with van der Waals surface area (Å²) >= 11 is 14.5. The lowest BCUT2D eigenvalue weighted by atomic mass is 9.76. The van der Waals surface area contributed by atoms with Crippen molar-refractivity contribution in [3.63, 3.8) is 0 Å². The highest BCUT2D eigenvalue weighted by Crippen LogP contribution is 2.46. The van der Waals surface area contributed by atoms with Crippen LogP contribution in [0.3, 0.4) is 0 Å². The summed E-state index contributed by atoms with van der Waals surface area (Å²) in [5, 5.41) is 1.90. The lowest BCUT2D eigenvalue weighted by Gasteiger charge is -2.39. The zero-order valence-electron chi connectivity index (χ0n) is 23.6. The Morgan fingerprint density at radius 3 is 2.59 bits per heavy atom. The smallest absolute Gasteiger partial charge is 0.257 e. The van der Waals surface area contributed by atoms with Crippen LogP contribution in [0.15, 0.2) is 89.6 Å². The van der Waals surface area contributed by atoms with Gasteiger partial charge in [-0.25, -0.2) is 14.4 Å². The van der Waals surface area contributed by atoms with Gasteiger partial charge in [-0.05, 0) is 72.6 Å². The number of hydrogen-bond acceptors (Lipinski definition) is 5. The number of allylic oxidation sites excluding steroid dienone is 3. The van der Waals surface area contributed by atoms with Crippen molar-refractivity contribution in [3.8, 4) is 0 Å². The van der Waals surface area contributed by atoms with Gasteiger partial charge in [-0.3, -0.25) is 9.20 Å². The number of alkyl halides is 1. The van der Waals surface area contributed by atoms with Crippen LogP contribution in [0, 0.1) is 11.2 Å². The lowest BCUT2D eigenvalue weighted by molar-refractivity contribution is 0.0964. The summed E-state index contributed by atoms with van der Waals surface area (Å²) in [4.78, 5) is 26.1. The normalized spacial score (nSPS) is 20.9. The molecule has 2 atom stereocenters. The van der Waals surface area contributed by atoms with Gasteiger partial charge in [0.15, 0.2) is 11.5 Å². The second kappa shape index (κ2) is 10.8. The highest BCUT2D eigenvalue weighted by atomic mass is 35.5. The maximum Gasteiger partial charge on any atom is 0.257 e. The van der Waals surface area contributed by atoms with E-state index in [1.807, 2.05) is 30.5 Å². The van der Waals surface area contributed by atoms with Crippen LogP contribution in [0.1, 0.15) is 34.3 Å². The SMILES string of the molecule is O=C(NC1=CC=CC(Sc2ccc3nc(N4CCC5(CC4)Cc4ccccc4C5)c4cnc2n34)C1Cl)c1cccc(F)c1Cl. The molecule has 5 aromatic rings. The number of carbonyl (C=O) groups is 1. The largest absolute Gasteiger partial charge is 0.355 e. The molecule has 1 aliphatic heterocycles. The molecule has 8 rings (SSSR count).